The summed E-state index contributed by atoms with van der Waals surface area (Å²) in [5, 5.41) is 6.73. The first kappa shape index (κ1) is 18.2. The van der Waals surface area contributed by atoms with Gasteiger partial charge in [0.15, 0.2) is 12.4 Å². The molecule has 3 rings (SSSR count). The van der Waals surface area contributed by atoms with Gasteiger partial charge in [0.25, 0.3) is 18.2 Å². The fourth-order valence-corrected chi connectivity index (χ4v) is 2.64. The largest absolute Gasteiger partial charge is 0.472 e. The minimum Gasteiger partial charge on any atom is -0.472 e. The Morgan fingerprint density at radius 3 is 2.73 bits per heavy atom. The zero-order chi connectivity index (χ0) is 18.6. The number of rotatable bonds is 6. The van der Waals surface area contributed by atoms with Crippen LogP contribution in [0.2, 0.25) is 0 Å². The molecule has 10 heteroatoms. The molecule has 2 aromatic heterocycles. The third-order valence-electron chi connectivity index (χ3n) is 3.99. The van der Waals surface area contributed by atoms with Crippen LogP contribution in [0.4, 0.5) is 8.78 Å². The molecule has 1 aliphatic heterocycles. The van der Waals surface area contributed by atoms with E-state index >= 15 is 0 Å². The Balaban J connectivity index is 1.73. The van der Waals surface area contributed by atoms with Crippen molar-refractivity contribution in [2.45, 2.75) is 31.7 Å². The topological polar surface area (TPSA) is 99.4 Å². The number of ether oxygens (including phenoxy) is 2. The second kappa shape index (κ2) is 7.73. The molecule has 3 heterocycles. The van der Waals surface area contributed by atoms with Crippen LogP contribution in [0.1, 0.15) is 34.9 Å². The lowest BCUT2D eigenvalue weighted by atomic mass is 9.89. The van der Waals surface area contributed by atoms with E-state index in [1.807, 2.05) is 0 Å². The van der Waals surface area contributed by atoms with E-state index in [4.69, 9.17) is 14.0 Å². The molecule has 0 radical (unpaired) electrons. The summed E-state index contributed by atoms with van der Waals surface area (Å²) in [6.45, 7) is 1.84. The summed E-state index contributed by atoms with van der Waals surface area (Å²) in [6, 6.07) is 2.82. The highest BCUT2D eigenvalue weighted by Gasteiger charge is 2.41. The molecular formula is C16H18F2N4O4. The molecular weight excluding hydrogens is 350 g/mol. The number of carbonyl (C=O) groups excluding carboxylic acids is 1. The number of halogens is 2. The van der Waals surface area contributed by atoms with Crippen LogP contribution in [0, 0.1) is 6.92 Å². The summed E-state index contributed by atoms with van der Waals surface area (Å²) in [5.41, 5.74) is -0.557. The summed E-state index contributed by atoms with van der Waals surface area (Å²) in [7, 11) is 0. The van der Waals surface area contributed by atoms with Gasteiger partial charge in [-0.05, 0) is 13.0 Å². The maximum absolute atomic E-state index is 12.6. The number of carbonyl (C=O) groups is 1. The van der Waals surface area contributed by atoms with Crippen molar-refractivity contribution in [3.63, 3.8) is 0 Å². The van der Waals surface area contributed by atoms with Gasteiger partial charge < -0.3 is 19.3 Å². The SMILES string of the molecule is Cc1noc(C2(NC(=O)c3ccc(OCC(F)F)nc3)CCOCC2)n1. The van der Waals surface area contributed by atoms with Crippen molar-refractivity contribution in [1.82, 2.24) is 20.4 Å². The lowest BCUT2D eigenvalue weighted by Gasteiger charge is -2.34. The van der Waals surface area contributed by atoms with Gasteiger partial charge in [0.2, 0.25) is 5.88 Å². The normalized spacial score (nSPS) is 16.5. The van der Waals surface area contributed by atoms with Crippen LogP contribution in [0.15, 0.2) is 22.9 Å². The van der Waals surface area contributed by atoms with Crippen molar-refractivity contribution < 1.29 is 27.6 Å². The summed E-state index contributed by atoms with van der Waals surface area (Å²) in [5.74, 6) is 0.435. The Hall–Kier alpha value is -2.62. The lowest BCUT2D eigenvalue weighted by molar-refractivity contribution is 0.0221. The number of hydrogen-bond donors (Lipinski definition) is 1. The molecule has 0 saturated carbocycles. The first-order valence-electron chi connectivity index (χ1n) is 8.06. The monoisotopic (exact) mass is 368 g/mol. The van der Waals surface area contributed by atoms with E-state index in [9.17, 15) is 13.6 Å². The molecule has 1 amide bonds. The second-order valence-electron chi connectivity index (χ2n) is 5.88. The van der Waals surface area contributed by atoms with Crippen LogP contribution < -0.4 is 10.1 Å². The van der Waals surface area contributed by atoms with Gasteiger partial charge in [-0.15, -0.1) is 0 Å². The van der Waals surface area contributed by atoms with E-state index in [0.717, 1.165) is 0 Å². The number of aryl methyl sites for hydroxylation is 1. The Morgan fingerprint density at radius 2 is 2.15 bits per heavy atom. The molecule has 26 heavy (non-hydrogen) atoms. The van der Waals surface area contributed by atoms with Crippen LogP contribution in [0.25, 0.3) is 0 Å². The maximum atomic E-state index is 12.6. The van der Waals surface area contributed by atoms with Gasteiger partial charge in [-0.1, -0.05) is 5.16 Å². The maximum Gasteiger partial charge on any atom is 0.272 e. The van der Waals surface area contributed by atoms with Crippen molar-refractivity contribution >= 4 is 5.91 Å². The minimum atomic E-state index is -2.59. The number of pyridine rings is 1. The number of amides is 1. The molecule has 0 atom stereocenters. The zero-order valence-corrected chi connectivity index (χ0v) is 14.1. The highest BCUT2D eigenvalue weighted by molar-refractivity contribution is 5.94. The van der Waals surface area contributed by atoms with E-state index in [-0.39, 0.29) is 11.4 Å². The minimum absolute atomic E-state index is 0.0233. The van der Waals surface area contributed by atoms with Crippen LogP contribution in [-0.4, -0.2) is 47.3 Å². The van der Waals surface area contributed by atoms with E-state index in [2.05, 4.69) is 20.4 Å². The summed E-state index contributed by atoms with van der Waals surface area (Å²) in [6.07, 6.45) is -0.347. The highest BCUT2D eigenvalue weighted by Crippen LogP contribution is 2.31. The predicted molar refractivity (Wildman–Crippen MR) is 84.0 cm³/mol. The molecule has 140 valence electrons. The molecule has 1 saturated heterocycles. The first-order chi connectivity index (χ1) is 12.5. The molecule has 1 N–H and O–H groups in total. The summed E-state index contributed by atoms with van der Waals surface area (Å²) < 4.78 is 39.7. The van der Waals surface area contributed by atoms with Crippen molar-refractivity contribution in [1.29, 1.82) is 0 Å². The van der Waals surface area contributed by atoms with E-state index in [1.165, 1.54) is 18.3 Å². The van der Waals surface area contributed by atoms with Gasteiger partial charge in [0.05, 0.1) is 5.56 Å². The van der Waals surface area contributed by atoms with Crippen molar-refractivity contribution in [2.75, 3.05) is 19.8 Å². The molecule has 2 aromatic rings. The zero-order valence-electron chi connectivity index (χ0n) is 14.1. The third-order valence-corrected chi connectivity index (χ3v) is 3.99. The molecule has 1 aliphatic rings. The number of nitrogens with one attached hydrogen (secondary N) is 1. The van der Waals surface area contributed by atoms with Crippen LogP contribution in [0.3, 0.4) is 0 Å². The van der Waals surface area contributed by atoms with Gasteiger partial charge in [0.1, 0.15) is 5.54 Å². The summed E-state index contributed by atoms with van der Waals surface area (Å²) in [4.78, 5) is 20.8. The Bertz CT molecular complexity index is 745. The number of aromatic nitrogens is 3. The Kier molecular flexibility index (Phi) is 5.40. The number of hydrogen-bond acceptors (Lipinski definition) is 7. The van der Waals surface area contributed by atoms with Gasteiger partial charge >= 0.3 is 0 Å². The van der Waals surface area contributed by atoms with Gasteiger partial charge in [0, 0.05) is 38.3 Å². The fourth-order valence-electron chi connectivity index (χ4n) is 2.64. The standard InChI is InChI=1S/C16H18F2N4O4/c1-10-20-15(26-22-10)16(4-6-24-7-5-16)21-14(23)11-2-3-13(19-8-11)25-9-12(17)18/h2-3,8,12H,4-7,9H2,1H3,(H,21,23). The molecule has 1 fully saturated rings. The lowest BCUT2D eigenvalue weighted by Crippen LogP contribution is -2.49. The second-order valence-corrected chi connectivity index (χ2v) is 5.88. The van der Waals surface area contributed by atoms with E-state index in [0.29, 0.717) is 37.8 Å². The van der Waals surface area contributed by atoms with Crippen molar-refractivity contribution in [2.24, 2.45) is 0 Å². The quantitative estimate of drug-likeness (QED) is 0.831. The molecule has 0 aromatic carbocycles. The van der Waals surface area contributed by atoms with Crippen molar-refractivity contribution in [3.05, 3.63) is 35.6 Å². The first-order valence-corrected chi connectivity index (χ1v) is 8.06. The average molecular weight is 368 g/mol. The van der Waals surface area contributed by atoms with Gasteiger partial charge in [-0.3, -0.25) is 4.79 Å². The average Bonchev–Trinajstić information content (AvgIpc) is 3.08. The molecule has 0 spiro atoms. The van der Waals surface area contributed by atoms with Crippen LogP contribution in [-0.2, 0) is 10.3 Å². The fraction of sp³-hybridized carbons (Fsp3) is 0.500. The van der Waals surface area contributed by atoms with E-state index in [1.54, 1.807) is 6.92 Å². The molecule has 0 aliphatic carbocycles. The smallest absolute Gasteiger partial charge is 0.272 e. The molecule has 0 unspecified atom stereocenters. The Morgan fingerprint density at radius 1 is 1.38 bits per heavy atom. The third kappa shape index (κ3) is 4.13. The predicted octanol–water partition coefficient (Wildman–Crippen LogP) is 1.85. The number of alkyl halides is 2. The summed E-state index contributed by atoms with van der Waals surface area (Å²) >= 11 is 0. The van der Waals surface area contributed by atoms with Crippen molar-refractivity contribution in [3.8, 4) is 5.88 Å². The van der Waals surface area contributed by atoms with Crippen LogP contribution in [0.5, 0.6) is 5.88 Å². The highest BCUT2D eigenvalue weighted by atomic mass is 19.3. The van der Waals surface area contributed by atoms with E-state index < -0.39 is 24.5 Å². The van der Waals surface area contributed by atoms with Gasteiger partial charge in [-0.2, -0.15) is 4.98 Å². The molecule has 0 bridgehead atoms. The molecule has 8 nitrogen and oxygen atoms in total. The Labute approximate surface area is 147 Å². The van der Waals surface area contributed by atoms with Gasteiger partial charge in [-0.25, -0.2) is 13.8 Å². The van der Waals surface area contributed by atoms with Crippen LogP contribution >= 0.6 is 0 Å². The number of nitrogens with zero attached hydrogens (tertiary/aromatic N) is 3.